The van der Waals surface area contributed by atoms with Crippen molar-refractivity contribution in [3.63, 3.8) is 0 Å². The fraction of sp³-hybridized carbons (Fsp3) is 0.480. The highest BCUT2D eigenvalue weighted by molar-refractivity contribution is 5.92. The van der Waals surface area contributed by atoms with Gasteiger partial charge in [0, 0.05) is 30.1 Å². The Morgan fingerprint density at radius 2 is 1.87 bits per heavy atom. The molecule has 1 saturated heterocycles. The van der Waals surface area contributed by atoms with Crippen LogP contribution in [0.5, 0.6) is 5.75 Å². The average molecular weight is 413 g/mol. The smallest absolute Gasteiger partial charge is 0.226 e. The number of likely N-dealkylation sites (tertiary alicyclic amines) is 1. The Balaban J connectivity index is 1.45. The molecule has 2 aromatic rings. The number of ether oxygens (including phenoxy) is 1. The van der Waals surface area contributed by atoms with Crippen molar-refractivity contribution in [2.45, 2.75) is 39.5 Å². The second kappa shape index (κ2) is 10.6. The number of rotatable bonds is 8. The first-order valence-corrected chi connectivity index (χ1v) is 10.9. The van der Waals surface area contributed by atoms with Crippen molar-refractivity contribution in [3.05, 3.63) is 59.9 Å². The number of halogens is 1. The third kappa shape index (κ3) is 6.56. The lowest BCUT2D eigenvalue weighted by Crippen LogP contribution is -2.37. The predicted molar refractivity (Wildman–Crippen MR) is 119 cm³/mol. The van der Waals surface area contributed by atoms with Crippen LogP contribution in [0.25, 0.3) is 0 Å². The number of carbonyl (C=O) groups is 1. The van der Waals surface area contributed by atoms with Gasteiger partial charge in [0.05, 0.1) is 6.61 Å². The molecule has 30 heavy (non-hydrogen) atoms. The molecule has 0 bridgehead atoms. The first-order chi connectivity index (χ1) is 14.4. The minimum Gasteiger partial charge on any atom is -0.493 e. The summed E-state index contributed by atoms with van der Waals surface area (Å²) in [6.07, 6.45) is 2.22. The molecule has 0 aliphatic carbocycles. The summed E-state index contributed by atoms with van der Waals surface area (Å²) < 4.78 is 19.0. The van der Waals surface area contributed by atoms with Gasteiger partial charge in [0.2, 0.25) is 5.91 Å². The predicted octanol–water partition coefficient (Wildman–Crippen LogP) is 5.31. The molecule has 3 rings (SSSR count). The molecular formula is C25H33FN2O2. The lowest BCUT2D eigenvalue weighted by molar-refractivity contribution is -0.118. The van der Waals surface area contributed by atoms with Crippen LogP contribution < -0.4 is 10.1 Å². The van der Waals surface area contributed by atoms with Crippen LogP contribution in [0.4, 0.5) is 10.1 Å². The normalized spacial score (nSPS) is 16.4. The third-order valence-corrected chi connectivity index (χ3v) is 5.64. The molecule has 1 aliphatic rings. The minimum atomic E-state index is -0.268. The Morgan fingerprint density at radius 3 is 2.57 bits per heavy atom. The van der Waals surface area contributed by atoms with Gasteiger partial charge in [-0.3, -0.25) is 4.79 Å². The van der Waals surface area contributed by atoms with Crippen molar-refractivity contribution in [1.82, 2.24) is 4.90 Å². The molecule has 2 aromatic carbocycles. The van der Waals surface area contributed by atoms with E-state index in [0.29, 0.717) is 24.2 Å². The lowest BCUT2D eigenvalue weighted by Gasteiger charge is -2.33. The van der Waals surface area contributed by atoms with Crippen molar-refractivity contribution in [2.75, 3.05) is 31.6 Å². The molecule has 5 heteroatoms. The molecule has 1 amide bonds. The number of anilines is 1. The Bertz CT molecular complexity index is 831. The standard InChI is InChI=1S/C25H33FN2O2/c1-18(2)25(29)27-23-8-4-6-21(14-23)20-10-12-28(13-11-20)16-19(3)17-30-24-9-5-7-22(26)15-24/h4-9,14-15,18-20H,10-13,16-17H2,1-3H3,(H,27,29)/t19-/m0/s1. The number of hydrogen-bond acceptors (Lipinski definition) is 3. The summed E-state index contributed by atoms with van der Waals surface area (Å²) in [5.74, 6) is 1.25. The van der Waals surface area contributed by atoms with Gasteiger partial charge in [-0.25, -0.2) is 4.39 Å². The van der Waals surface area contributed by atoms with Gasteiger partial charge in [-0.2, -0.15) is 0 Å². The molecule has 1 fully saturated rings. The number of amides is 1. The van der Waals surface area contributed by atoms with E-state index in [1.54, 1.807) is 12.1 Å². The number of nitrogens with zero attached hydrogens (tertiary/aromatic N) is 1. The van der Waals surface area contributed by atoms with Crippen LogP contribution in [0.3, 0.4) is 0 Å². The summed E-state index contributed by atoms with van der Waals surface area (Å²) in [6.45, 7) is 9.65. The van der Waals surface area contributed by atoms with E-state index in [9.17, 15) is 9.18 Å². The van der Waals surface area contributed by atoms with E-state index in [1.807, 2.05) is 26.0 Å². The molecule has 0 saturated carbocycles. The molecule has 0 unspecified atom stereocenters. The summed E-state index contributed by atoms with van der Waals surface area (Å²) in [7, 11) is 0. The maximum absolute atomic E-state index is 13.3. The highest BCUT2D eigenvalue weighted by Crippen LogP contribution is 2.30. The number of hydrogen-bond donors (Lipinski definition) is 1. The Labute approximate surface area is 179 Å². The highest BCUT2D eigenvalue weighted by atomic mass is 19.1. The van der Waals surface area contributed by atoms with Crippen molar-refractivity contribution < 1.29 is 13.9 Å². The van der Waals surface area contributed by atoms with E-state index in [2.05, 4.69) is 29.3 Å². The highest BCUT2D eigenvalue weighted by Gasteiger charge is 2.22. The zero-order chi connectivity index (χ0) is 21.5. The van der Waals surface area contributed by atoms with Gasteiger partial charge in [0.1, 0.15) is 11.6 Å². The fourth-order valence-corrected chi connectivity index (χ4v) is 3.89. The molecule has 1 N–H and O–H groups in total. The van der Waals surface area contributed by atoms with Crippen LogP contribution in [0, 0.1) is 17.7 Å². The van der Waals surface area contributed by atoms with E-state index in [4.69, 9.17) is 4.74 Å². The maximum Gasteiger partial charge on any atom is 0.226 e. The monoisotopic (exact) mass is 412 g/mol. The van der Waals surface area contributed by atoms with E-state index >= 15 is 0 Å². The molecule has 162 valence electrons. The molecule has 1 atom stereocenters. The van der Waals surface area contributed by atoms with Gasteiger partial charge < -0.3 is 15.0 Å². The minimum absolute atomic E-state index is 0.0243. The largest absolute Gasteiger partial charge is 0.493 e. The van der Waals surface area contributed by atoms with Gasteiger partial charge in [-0.15, -0.1) is 0 Å². The van der Waals surface area contributed by atoms with Crippen LogP contribution in [0.1, 0.15) is 45.1 Å². The van der Waals surface area contributed by atoms with Crippen LogP contribution in [0.15, 0.2) is 48.5 Å². The second-order valence-electron chi connectivity index (χ2n) is 8.72. The number of carbonyl (C=O) groups excluding carboxylic acids is 1. The summed E-state index contributed by atoms with van der Waals surface area (Å²) in [5, 5.41) is 3.00. The van der Waals surface area contributed by atoms with Crippen LogP contribution in [-0.4, -0.2) is 37.0 Å². The number of benzene rings is 2. The summed E-state index contributed by atoms with van der Waals surface area (Å²) in [5.41, 5.74) is 2.19. The lowest BCUT2D eigenvalue weighted by atomic mass is 9.89. The SMILES string of the molecule is CC(C)C(=O)Nc1cccc(C2CCN(C[C@H](C)COc3cccc(F)c3)CC2)c1. The van der Waals surface area contributed by atoms with Gasteiger partial charge in [-0.05, 0) is 61.7 Å². The van der Waals surface area contributed by atoms with Gasteiger partial charge in [0.25, 0.3) is 0 Å². The molecule has 4 nitrogen and oxygen atoms in total. The maximum atomic E-state index is 13.3. The summed E-state index contributed by atoms with van der Waals surface area (Å²) in [6, 6.07) is 14.6. The van der Waals surface area contributed by atoms with E-state index < -0.39 is 0 Å². The average Bonchev–Trinajstić information content (AvgIpc) is 2.73. The number of nitrogens with one attached hydrogen (secondary N) is 1. The van der Waals surface area contributed by atoms with Gasteiger partial charge in [0.15, 0.2) is 0 Å². The van der Waals surface area contributed by atoms with E-state index in [1.165, 1.54) is 17.7 Å². The van der Waals surface area contributed by atoms with Crippen LogP contribution >= 0.6 is 0 Å². The first kappa shape index (κ1) is 22.3. The topological polar surface area (TPSA) is 41.6 Å². The van der Waals surface area contributed by atoms with E-state index in [-0.39, 0.29) is 17.6 Å². The van der Waals surface area contributed by atoms with Gasteiger partial charge in [-0.1, -0.05) is 39.0 Å². The Kier molecular flexibility index (Phi) is 7.86. The first-order valence-electron chi connectivity index (χ1n) is 10.9. The summed E-state index contributed by atoms with van der Waals surface area (Å²) in [4.78, 5) is 14.4. The molecular weight excluding hydrogens is 379 g/mol. The fourth-order valence-electron chi connectivity index (χ4n) is 3.89. The Hall–Kier alpha value is -2.40. The van der Waals surface area contributed by atoms with E-state index in [0.717, 1.165) is 38.2 Å². The molecule has 0 radical (unpaired) electrons. The quantitative estimate of drug-likeness (QED) is 0.638. The van der Waals surface area contributed by atoms with Crippen molar-refractivity contribution in [2.24, 2.45) is 11.8 Å². The molecule has 0 spiro atoms. The molecule has 1 heterocycles. The van der Waals surface area contributed by atoms with Crippen molar-refractivity contribution in [1.29, 1.82) is 0 Å². The van der Waals surface area contributed by atoms with Crippen LogP contribution in [0.2, 0.25) is 0 Å². The molecule has 1 aliphatic heterocycles. The second-order valence-corrected chi connectivity index (χ2v) is 8.72. The molecule has 0 aromatic heterocycles. The summed E-state index contributed by atoms with van der Waals surface area (Å²) >= 11 is 0. The van der Waals surface area contributed by atoms with Crippen molar-refractivity contribution >= 4 is 11.6 Å². The third-order valence-electron chi connectivity index (χ3n) is 5.64. The number of piperidine rings is 1. The zero-order valence-corrected chi connectivity index (χ0v) is 18.2. The van der Waals surface area contributed by atoms with Crippen LogP contribution in [-0.2, 0) is 4.79 Å². The van der Waals surface area contributed by atoms with Crippen molar-refractivity contribution in [3.8, 4) is 5.75 Å². The van der Waals surface area contributed by atoms with Gasteiger partial charge >= 0.3 is 0 Å². The Morgan fingerprint density at radius 1 is 1.13 bits per heavy atom. The zero-order valence-electron chi connectivity index (χ0n) is 18.2.